The highest BCUT2D eigenvalue weighted by molar-refractivity contribution is 5.97. The van der Waals surface area contributed by atoms with Crippen LogP contribution in [-0.2, 0) is 13.5 Å². The van der Waals surface area contributed by atoms with Crippen LogP contribution < -0.4 is 0 Å². The zero-order chi connectivity index (χ0) is 9.42. The summed E-state index contributed by atoms with van der Waals surface area (Å²) >= 11 is 0. The van der Waals surface area contributed by atoms with E-state index in [0.29, 0.717) is 12.3 Å². The molecule has 1 aromatic rings. The maximum absolute atomic E-state index is 11.7. The molecule has 0 saturated carbocycles. The SMILES string of the molecule is CC1CCc2c(cnn2C)C(=O)C1. The van der Waals surface area contributed by atoms with E-state index in [0.717, 1.165) is 24.1 Å². The van der Waals surface area contributed by atoms with E-state index in [9.17, 15) is 4.79 Å². The van der Waals surface area contributed by atoms with Crippen molar-refractivity contribution in [3.63, 3.8) is 0 Å². The number of Topliss-reactive ketones (excluding diaryl/α,β-unsaturated/α-hetero) is 1. The standard InChI is InChI=1S/C10H14N2O/c1-7-3-4-9-8(10(13)5-7)6-11-12(9)2/h6-7H,3-5H2,1-2H3. The van der Waals surface area contributed by atoms with E-state index in [2.05, 4.69) is 12.0 Å². The number of hydrogen-bond donors (Lipinski definition) is 0. The predicted octanol–water partition coefficient (Wildman–Crippen LogP) is 1.58. The highest BCUT2D eigenvalue weighted by Crippen LogP contribution is 2.23. The molecule has 13 heavy (non-hydrogen) atoms. The molecule has 0 amide bonds. The summed E-state index contributed by atoms with van der Waals surface area (Å²) in [6.07, 6.45) is 4.46. The molecule has 0 aromatic carbocycles. The Kier molecular flexibility index (Phi) is 1.94. The Morgan fingerprint density at radius 2 is 2.38 bits per heavy atom. The lowest BCUT2D eigenvalue weighted by Crippen LogP contribution is -2.02. The number of hydrogen-bond acceptors (Lipinski definition) is 2. The van der Waals surface area contributed by atoms with Gasteiger partial charge in [0.1, 0.15) is 0 Å². The first-order valence-corrected chi connectivity index (χ1v) is 4.72. The van der Waals surface area contributed by atoms with Crippen LogP contribution >= 0.6 is 0 Å². The molecule has 1 heterocycles. The second-order valence-corrected chi connectivity index (χ2v) is 3.90. The third-order valence-corrected chi connectivity index (χ3v) is 2.77. The number of carbonyl (C=O) groups is 1. The predicted molar refractivity (Wildman–Crippen MR) is 49.6 cm³/mol. The minimum Gasteiger partial charge on any atom is -0.294 e. The quantitative estimate of drug-likeness (QED) is 0.565. The van der Waals surface area contributed by atoms with E-state index < -0.39 is 0 Å². The van der Waals surface area contributed by atoms with Crippen molar-refractivity contribution in [3.8, 4) is 0 Å². The molecule has 3 nitrogen and oxygen atoms in total. The maximum Gasteiger partial charge on any atom is 0.166 e. The molecule has 1 aliphatic carbocycles. The van der Waals surface area contributed by atoms with Crippen molar-refractivity contribution in [1.82, 2.24) is 9.78 Å². The lowest BCUT2D eigenvalue weighted by Gasteiger charge is -2.03. The smallest absolute Gasteiger partial charge is 0.166 e. The zero-order valence-corrected chi connectivity index (χ0v) is 8.08. The van der Waals surface area contributed by atoms with E-state index in [1.807, 2.05) is 11.7 Å². The minimum atomic E-state index is 0.258. The first kappa shape index (κ1) is 8.48. The Morgan fingerprint density at radius 1 is 1.62 bits per heavy atom. The van der Waals surface area contributed by atoms with E-state index >= 15 is 0 Å². The Bertz CT molecular complexity index is 341. The lowest BCUT2D eigenvalue weighted by molar-refractivity contribution is 0.0967. The van der Waals surface area contributed by atoms with E-state index in [-0.39, 0.29) is 5.78 Å². The summed E-state index contributed by atoms with van der Waals surface area (Å²) in [5.41, 5.74) is 1.95. The van der Waals surface area contributed by atoms with Crippen LogP contribution in [0.2, 0.25) is 0 Å². The van der Waals surface area contributed by atoms with E-state index in [1.165, 1.54) is 0 Å². The fraction of sp³-hybridized carbons (Fsp3) is 0.600. The van der Waals surface area contributed by atoms with Crippen molar-refractivity contribution < 1.29 is 4.79 Å². The van der Waals surface area contributed by atoms with Gasteiger partial charge in [-0.2, -0.15) is 5.10 Å². The van der Waals surface area contributed by atoms with Crippen molar-refractivity contribution in [3.05, 3.63) is 17.5 Å². The molecule has 70 valence electrons. The van der Waals surface area contributed by atoms with Gasteiger partial charge in [-0.3, -0.25) is 9.48 Å². The fourth-order valence-electron chi connectivity index (χ4n) is 1.90. The van der Waals surface area contributed by atoms with Crippen LogP contribution in [0.1, 0.15) is 35.8 Å². The van der Waals surface area contributed by atoms with Gasteiger partial charge < -0.3 is 0 Å². The first-order valence-electron chi connectivity index (χ1n) is 4.72. The molecule has 0 saturated heterocycles. The highest BCUT2D eigenvalue weighted by Gasteiger charge is 2.22. The number of ketones is 1. The van der Waals surface area contributed by atoms with Crippen molar-refractivity contribution in [2.24, 2.45) is 13.0 Å². The molecule has 1 aliphatic rings. The van der Waals surface area contributed by atoms with E-state index in [4.69, 9.17) is 0 Å². The Morgan fingerprint density at radius 3 is 3.15 bits per heavy atom. The van der Waals surface area contributed by atoms with Gasteiger partial charge in [0.05, 0.1) is 11.8 Å². The molecule has 1 unspecified atom stereocenters. The average molecular weight is 178 g/mol. The summed E-state index contributed by atoms with van der Waals surface area (Å²) in [4.78, 5) is 11.7. The summed E-state index contributed by atoms with van der Waals surface area (Å²) in [5, 5.41) is 4.11. The molecule has 0 aliphatic heterocycles. The van der Waals surface area contributed by atoms with Crippen LogP contribution in [0.4, 0.5) is 0 Å². The summed E-state index contributed by atoms with van der Waals surface area (Å²) < 4.78 is 1.82. The van der Waals surface area contributed by atoms with Gasteiger partial charge in [-0.05, 0) is 18.8 Å². The topological polar surface area (TPSA) is 34.9 Å². The molecule has 1 atom stereocenters. The highest BCUT2D eigenvalue weighted by atomic mass is 16.1. The monoisotopic (exact) mass is 178 g/mol. The summed E-state index contributed by atoms with van der Waals surface area (Å²) in [6, 6.07) is 0. The van der Waals surface area contributed by atoms with Gasteiger partial charge in [-0.15, -0.1) is 0 Å². The molecule has 3 heteroatoms. The largest absolute Gasteiger partial charge is 0.294 e. The average Bonchev–Trinajstić information content (AvgIpc) is 2.36. The second kappa shape index (κ2) is 2.98. The summed E-state index contributed by atoms with van der Waals surface area (Å²) in [5.74, 6) is 0.771. The van der Waals surface area contributed by atoms with Crippen molar-refractivity contribution in [2.75, 3.05) is 0 Å². The number of aryl methyl sites for hydroxylation is 1. The summed E-state index contributed by atoms with van der Waals surface area (Å²) in [7, 11) is 1.90. The molecule has 0 bridgehead atoms. The minimum absolute atomic E-state index is 0.258. The Hall–Kier alpha value is -1.12. The van der Waals surface area contributed by atoms with Gasteiger partial charge >= 0.3 is 0 Å². The van der Waals surface area contributed by atoms with Crippen molar-refractivity contribution in [1.29, 1.82) is 0 Å². The molecule has 0 N–H and O–H groups in total. The van der Waals surface area contributed by atoms with Crippen LogP contribution in [0, 0.1) is 5.92 Å². The number of rotatable bonds is 0. The number of aromatic nitrogens is 2. The van der Waals surface area contributed by atoms with Gasteiger partial charge in [0.2, 0.25) is 0 Å². The fourth-order valence-corrected chi connectivity index (χ4v) is 1.90. The maximum atomic E-state index is 11.7. The van der Waals surface area contributed by atoms with Crippen LogP contribution in [-0.4, -0.2) is 15.6 Å². The van der Waals surface area contributed by atoms with Gasteiger partial charge in [0.25, 0.3) is 0 Å². The Balaban J connectivity index is 2.42. The molecule has 0 radical (unpaired) electrons. The summed E-state index contributed by atoms with van der Waals surface area (Å²) in [6.45, 7) is 2.14. The number of carbonyl (C=O) groups excluding carboxylic acids is 1. The third kappa shape index (κ3) is 1.39. The molecule has 2 rings (SSSR count). The van der Waals surface area contributed by atoms with Crippen LogP contribution in [0.3, 0.4) is 0 Å². The van der Waals surface area contributed by atoms with Gasteiger partial charge in [-0.25, -0.2) is 0 Å². The zero-order valence-electron chi connectivity index (χ0n) is 8.08. The van der Waals surface area contributed by atoms with Gasteiger partial charge in [0, 0.05) is 19.2 Å². The van der Waals surface area contributed by atoms with Crippen LogP contribution in [0.5, 0.6) is 0 Å². The molecule has 1 aromatic heterocycles. The molecule has 0 spiro atoms. The van der Waals surface area contributed by atoms with Crippen molar-refractivity contribution >= 4 is 5.78 Å². The third-order valence-electron chi connectivity index (χ3n) is 2.77. The Labute approximate surface area is 77.7 Å². The molecule has 0 fully saturated rings. The van der Waals surface area contributed by atoms with Crippen molar-refractivity contribution in [2.45, 2.75) is 26.2 Å². The number of fused-ring (bicyclic) bond motifs is 1. The first-order chi connectivity index (χ1) is 6.18. The normalized spacial score (nSPS) is 22.6. The van der Waals surface area contributed by atoms with Crippen LogP contribution in [0.25, 0.3) is 0 Å². The molecular weight excluding hydrogens is 164 g/mol. The molecular formula is C10H14N2O. The van der Waals surface area contributed by atoms with Crippen LogP contribution in [0.15, 0.2) is 6.20 Å². The second-order valence-electron chi connectivity index (χ2n) is 3.90. The van der Waals surface area contributed by atoms with E-state index in [1.54, 1.807) is 6.20 Å². The van der Waals surface area contributed by atoms with Gasteiger partial charge in [0.15, 0.2) is 5.78 Å². The number of nitrogens with zero attached hydrogens (tertiary/aromatic N) is 2. The lowest BCUT2D eigenvalue weighted by atomic mass is 10.0. The van der Waals surface area contributed by atoms with Gasteiger partial charge in [-0.1, -0.05) is 6.92 Å².